The molecule has 0 aliphatic heterocycles. The summed E-state index contributed by atoms with van der Waals surface area (Å²) in [5.41, 5.74) is 10.8. The van der Waals surface area contributed by atoms with E-state index in [9.17, 15) is 4.79 Å². The lowest BCUT2D eigenvalue weighted by Gasteiger charge is -2.30. The molecule has 1 aromatic rings. The Morgan fingerprint density at radius 2 is 1.93 bits per heavy atom. The Hall–Kier alpha value is -2.11. The zero-order valence-electron chi connectivity index (χ0n) is 16.0. The number of hydrogen-bond donors (Lipinski definition) is 3. The van der Waals surface area contributed by atoms with Crippen molar-refractivity contribution in [3.8, 4) is 0 Å². The van der Waals surface area contributed by atoms with Gasteiger partial charge in [-0.25, -0.2) is 6.57 Å². The maximum absolute atomic E-state index is 12.9. The Labute approximate surface area is 171 Å². The Bertz CT molecular complexity index is 723. The predicted molar refractivity (Wildman–Crippen MR) is 118 cm³/mol. The van der Waals surface area contributed by atoms with Crippen LogP contribution in [0.15, 0.2) is 35.3 Å². The van der Waals surface area contributed by atoms with Gasteiger partial charge >= 0.3 is 0 Å². The van der Waals surface area contributed by atoms with Crippen LogP contribution in [0.4, 0.5) is 0 Å². The summed E-state index contributed by atoms with van der Waals surface area (Å²) in [6.45, 7) is 13.8. The van der Waals surface area contributed by atoms with E-state index in [0.29, 0.717) is 30.1 Å². The molecule has 0 bridgehead atoms. The summed E-state index contributed by atoms with van der Waals surface area (Å²) in [6.07, 6.45) is 1.00. The van der Waals surface area contributed by atoms with Crippen molar-refractivity contribution in [2.45, 2.75) is 43.9 Å². The Balaban J connectivity index is 2.87. The molecule has 0 aromatic heterocycles. The second-order valence-corrected chi connectivity index (χ2v) is 9.18. The molecule has 1 amide bonds. The number of rotatable bonds is 9. The van der Waals surface area contributed by atoms with Gasteiger partial charge in [0.2, 0.25) is 11.4 Å². The molecule has 0 saturated carbocycles. The van der Waals surface area contributed by atoms with Crippen molar-refractivity contribution < 1.29 is 4.79 Å². The number of carbonyl (C=O) groups is 1. The van der Waals surface area contributed by atoms with Crippen molar-refractivity contribution >= 4 is 40.0 Å². The highest BCUT2D eigenvalue weighted by Gasteiger charge is 2.43. The van der Waals surface area contributed by atoms with Crippen LogP contribution < -0.4 is 16.8 Å². The van der Waals surface area contributed by atoms with E-state index in [0.717, 1.165) is 5.56 Å². The molecule has 1 unspecified atom stereocenters. The molecule has 1 atom stereocenters. The van der Waals surface area contributed by atoms with E-state index in [2.05, 4.69) is 15.2 Å². The van der Waals surface area contributed by atoms with Crippen LogP contribution in [-0.2, 0) is 4.79 Å². The maximum atomic E-state index is 12.9. The molecular weight excluding hydrogens is 378 g/mol. The summed E-state index contributed by atoms with van der Waals surface area (Å²) in [4.78, 5) is 20.5. The van der Waals surface area contributed by atoms with Crippen molar-refractivity contribution in [2.24, 2.45) is 16.5 Å². The van der Waals surface area contributed by atoms with Gasteiger partial charge in [-0.05, 0) is 18.9 Å². The number of guanidine groups is 1. The van der Waals surface area contributed by atoms with Gasteiger partial charge in [-0.1, -0.05) is 54.3 Å². The Morgan fingerprint density at radius 3 is 2.48 bits per heavy atom. The Kier molecular flexibility index (Phi) is 8.73. The standard InChI is InChI=1S/C19H27N5OS2/c1-18(2,22-4)13-19(3,16(25)23-11-8-12-24-17(20)21)27-15(26)14-9-6-5-7-10-14/h5-7,9-10H,8,11-13H2,1-3H3,(H,23,25)(H4,20,21,24). The minimum atomic E-state index is -0.864. The number of aliphatic imine (C=N–C) groups is 1. The first-order chi connectivity index (χ1) is 12.6. The molecule has 0 radical (unpaired) electrons. The molecule has 8 heteroatoms. The summed E-state index contributed by atoms with van der Waals surface area (Å²) >= 11 is 6.88. The maximum Gasteiger partial charge on any atom is 0.236 e. The molecule has 1 rings (SSSR count). The number of hydrogen-bond acceptors (Lipinski definition) is 4. The van der Waals surface area contributed by atoms with Gasteiger partial charge in [0.1, 0.15) is 4.75 Å². The van der Waals surface area contributed by atoms with E-state index in [1.165, 1.54) is 11.8 Å². The second-order valence-electron chi connectivity index (χ2n) is 7.00. The van der Waals surface area contributed by atoms with Gasteiger partial charge in [-0.3, -0.25) is 9.79 Å². The minimum absolute atomic E-state index is 0.0359. The second kappa shape index (κ2) is 10.3. The number of nitrogens with zero attached hydrogens (tertiary/aromatic N) is 2. The summed E-state index contributed by atoms with van der Waals surface area (Å²) in [7, 11) is 0. The van der Waals surface area contributed by atoms with Gasteiger partial charge in [0.15, 0.2) is 5.96 Å². The van der Waals surface area contributed by atoms with Crippen LogP contribution in [0.5, 0.6) is 0 Å². The van der Waals surface area contributed by atoms with Crippen LogP contribution in [0.1, 0.15) is 39.2 Å². The fourth-order valence-corrected chi connectivity index (χ4v) is 4.48. The SMILES string of the molecule is [C-]#[N+]C(C)(C)CC(C)(SC(=S)c1ccccc1)C(=O)NCCCN=C(N)N. The topological polar surface area (TPSA) is 97.9 Å². The van der Waals surface area contributed by atoms with Crippen molar-refractivity contribution in [3.05, 3.63) is 47.3 Å². The number of carbonyl (C=O) groups excluding carboxylic acids is 1. The molecule has 27 heavy (non-hydrogen) atoms. The average molecular weight is 406 g/mol. The van der Waals surface area contributed by atoms with Gasteiger partial charge < -0.3 is 21.6 Å². The van der Waals surface area contributed by atoms with E-state index < -0.39 is 10.3 Å². The van der Waals surface area contributed by atoms with Crippen molar-refractivity contribution in [1.29, 1.82) is 0 Å². The first kappa shape index (κ1) is 22.9. The highest BCUT2D eigenvalue weighted by molar-refractivity contribution is 8.25. The lowest BCUT2D eigenvalue weighted by molar-refractivity contribution is -0.123. The largest absolute Gasteiger partial charge is 0.370 e. The summed E-state index contributed by atoms with van der Waals surface area (Å²) in [6, 6.07) is 9.58. The quantitative estimate of drug-likeness (QED) is 0.193. The summed E-state index contributed by atoms with van der Waals surface area (Å²) < 4.78 is -0.230. The van der Waals surface area contributed by atoms with E-state index in [1.54, 1.807) is 0 Å². The first-order valence-corrected chi connectivity index (χ1v) is 9.83. The molecule has 0 saturated heterocycles. The van der Waals surface area contributed by atoms with Crippen LogP contribution in [-0.4, -0.2) is 39.4 Å². The van der Waals surface area contributed by atoms with Gasteiger partial charge in [-0.15, -0.1) is 0 Å². The fraction of sp³-hybridized carbons (Fsp3) is 0.474. The third-order valence-corrected chi connectivity index (χ3v) is 5.48. The minimum Gasteiger partial charge on any atom is -0.370 e. The molecular formula is C19H27N5OS2. The van der Waals surface area contributed by atoms with Gasteiger partial charge in [0, 0.05) is 33.4 Å². The van der Waals surface area contributed by atoms with E-state index in [4.69, 9.17) is 30.3 Å². The number of amides is 1. The van der Waals surface area contributed by atoms with Crippen molar-refractivity contribution in [3.63, 3.8) is 0 Å². The lowest BCUT2D eigenvalue weighted by atomic mass is 9.91. The molecule has 5 N–H and O–H groups in total. The smallest absolute Gasteiger partial charge is 0.236 e. The van der Waals surface area contributed by atoms with Crippen molar-refractivity contribution in [1.82, 2.24) is 5.32 Å². The van der Waals surface area contributed by atoms with Gasteiger partial charge in [0.25, 0.3) is 0 Å². The van der Waals surface area contributed by atoms with Gasteiger partial charge in [0.05, 0.1) is 4.20 Å². The zero-order chi connectivity index (χ0) is 20.5. The van der Waals surface area contributed by atoms with Crippen LogP contribution in [0, 0.1) is 6.57 Å². The van der Waals surface area contributed by atoms with Gasteiger partial charge in [-0.2, -0.15) is 0 Å². The fourth-order valence-electron chi connectivity index (χ4n) is 2.54. The summed E-state index contributed by atoms with van der Waals surface area (Å²) in [5, 5.41) is 2.93. The van der Waals surface area contributed by atoms with Crippen molar-refractivity contribution in [2.75, 3.05) is 13.1 Å². The third kappa shape index (κ3) is 7.97. The molecule has 0 aliphatic carbocycles. The number of thiocarbonyl (C=S) groups is 1. The number of nitrogens with one attached hydrogen (secondary N) is 1. The zero-order valence-corrected chi connectivity index (χ0v) is 17.6. The lowest BCUT2D eigenvalue weighted by Crippen LogP contribution is -2.46. The average Bonchev–Trinajstić information content (AvgIpc) is 2.61. The molecule has 0 spiro atoms. The highest BCUT2D eigenvalue weighted by Crippen LogP contribution is 2.37. The van der Waals surface area contributed by atoms with E-state index >= 15 is 0 Å². The molecule has 6 nitrogen and oxygen atoms in total. The highest BCUT2D eigenvalue weighted by atomic mass is 32.2. The molecule has 146 valence electrons. The normalized spacial score (nSPS) is 13.1. The number of benzene rings is 1. The van der Waals surface area contributed by atoms with Crippen LogP contribution in [0.25, 0.3) is 4.85 Å². The molecule has 0 heterocycles. The predicted octanol–water partition coefficient (Wildman–Crippen LogP) is 2.72. The summed E-state index contributed by atoms with van der Waals surface area (Å²) in [5.74, 6) is -0.110. The van der Waals surface area contributed by atoms with Crippen LogP contribution in [0.3, 0.4) is 0 Å². The monoisotopic (exact) mass is 405 g/mol. The molecule has 1 aromatic carbocycles. The van der Waals surface area contributed by atoms with Crippen LogP contribution >= 0.6 is 24.0 Å². The van der Waals surface area contributed by atoms with E-state index in [1.807, 2.05) is 51.1 Å². The first-order valence-electron chi connectivity index (χ1n) is 8.60. The third-order valence-electron chi connectivity index (χ3n) is 3.80. The number of thioether (sulfide) groups is 1. The van der Waals surface area contributed by atoms with E-state index in [-0.39, 0.29) is 11.9 Å². The Morgan fingerprint density at radius 1 is 1.30 bits per heavy atom. The molecule has 0 fully saturated rings. The number of nitrogens with two attached hydrogens (primary N) is 2. The molecule has 0 aliphatic rings. The van der Waals surface area contributed by atoms with Crippen LogP contribution in [0.2, 0.25) is 0 Å².